The van der Waals surface area contributed by atoms with Crippen LogP contribution in [-0.4, -0.2) is 56.8 Å². The minimum Gasteiger partial charge on any atom is -0.450 e. The number of hydrogen-bond donors (Lipinski definition) is 2. The monoisotopic (exact) mass is 413 g/mol. The van der Waals surface area contributed by atoms with Crippen molar-refractivity contribution in [2.24, 2.45) is 0 Å². The first-order valence-corrected chi connectivity index (χ1v) is 11.4. The van der Waals surface area contributed by atoms with Crippen molar-refractivity contribution in [3.63, 3.8) is 0 Å². The van der Waals surface area contributed by atoms with Crippen molar-refractivity contribution in [3.8, 4) is 0 Å². The van der Waals surface area contributed by atoms with Gasteiger partial charge in [0.2, 0.25) is 15.9 Å². The van der Waals surface area contributed by atoms with Crippen LogP contribution in [0.1, 0.15) is 26.2 Å². The van der Waals surface area contributed by atoms with E-state index in [1.807, 2.05) is 0 Å². The number of thioether (sulfide) groups is 1. The van der Waals surface area contributed by atoms with Crippen LogP contribution in [0.5, 0.6) is 0 Å². The molecule has 1 fully saturated rings. The molecular formula is C17H23N3O5S2. The largest absolute Gasteiger partial charge is 0.450 e. The molecule has 2 N–H and O–H groups in total. The Bertz CT molecular complexity index is 820. The van der Waals surface area contributed by atoms with E-state index in [1.54, 1.807) is 24.0 Å². The Balaban J connectivity index is 1.66. The van der Waals surface area contributed by atoms with E-state index in [9.17, 15) is 18.0 Å². The van der Waals surface area contributed by atoms with Crippen LogP contribution < -0.4 is 10.0 Å². The topological polar surface area (TPSA) is 105 Å². The van der Waals surface area contributed by atoms with Crippen molar-refractivity contribution in [3.05, 3.63) is 18.2 Å². The summed E-state index contributed by atoms with van der Waals surface area (Å²) in [5.41, 5.74) is 0.530. The highest BCUT2D eigenvalue weighted by Crippen LogP contribution is 2.32. The average Bonchev–Trinajstić information content (AvgIpc) is 2.82. The van der Waals surface area contributed by atoms with Gasteiger partial charge in [0.15, 0.2) is 0 Å². The summed E-state index contributed by atoms with van der Waals surface area (Å²) < 4.78 is 33.2. The molecule has 0 unspecified atom stereocenters. The van der Waals surface area contributed by atoms with Crippen LogP contribution in [0.3, 0.4) is 0 Å². The van der Waals surface area contributed by atoms with Crippen LogP contribution in [0.25, 0.3) is 0 Å². The van der Waals surface area contributed by atoms with Crippen molar-refractivity contribution in [1.29, 1.82) is 0 Å². The third kappa shape index (κ3) is 4.94. The lowest BCUT2D eigenvalue weighted by atomic mass is 10.1. The minimum absolute atomic E-state index is 0.116. The number of nitrogens with zero attached hydrogens (tertiary/aromatic N) is 1. The summed E-state index contributed by atoms with van der Waals surface area (Å²) in [7, 11) is -3.72. The minimum atomic E-state index is -3.72. The average molecular weight is 414 g/mol. The van der Waals surface area contributed by atoms with Crippen molar-refractivity contribution in [1.82, 2.24) is 9.62 Å². The zero-order chi connectivity index (χ0) is 19.4. The number of anilines is 1. The molecule has 27 heavy (non-hydrogen) atoms. The number of amides is 2. The Morgan fingerprint density at radius 2 is 2.11 bits per heavy atom. The highest BCUT2D eigenvalue weighted by Gasteiger charge is 2.28. The molecule has 1 aromatic carbocycles. The quantitative estimate of drug-likeness (QED) is 0.782. The normalized spacial score (nSPS) is 18.4. The summed E-state index contributed by atoms with van der Waals surface area (Å²) in [6, 6.07) is 4.54. The molecule has 0 spiro atoms. The fourth-order valence-corrected chi connectivity index (χ4v) is 5.32. The number of benzene rings is 1. The molecule has 1 aromatic rings. The molecule has 0 aliphatic carbocycles. The summed E-state index contributed by atoms with van der Waals surface area (Å²) >= 11 is 1.53. The highest BCUT2D eigenvalue weighted by molar-refractivity contribution is 7.99. The summed E-state index contributed by atoms with van der Waals surface area (Å²) in [5.74, 6) is 0.553. The molecule has 1 saturated heterocycles. The van der Waals surface area contributed by atoms with Gasteiger partial charge in [-0.25, -0.2) is 17.9 Å². The van der Waals surface area contributed by atoms with Gasteiger partial charge >= 0.3 is 6.09 Å². The smallest absolute Gasteiger partial charge is 0.409 e. The number of hydrogen-bond acceptors (Lipinski definition) is 6. The lowest BCUT2D eigenvalue weighted by molar-refractivity contribution is -0.115. The number of fused-ring (bicyclic) bond motifs is 1. The van der Waals surface area contributed by atoms with Crippen molar-refractivity contribution < 1.29 is 22.7 Å². The molecule has 0 radical (unpaired) electrons. The van der Waals surface area contributed by atoms with Gasteiger partial charge in [0.25, 0.3) is 0 Å². The van der Waals surface area contributed by atoms with Crippen molar-refractivity contribution in [2.45, 2.75) is 42.0 Å². The Hall–Kier alpha value is -1.78. The standard InChI is InChI=1S/C17H23N3O5S2/c1-2-25-17(22)20-8-5-12(6-9-20)19-27(23,24)13-3-4-15-14(11-13)18-16(21)7-10-26-15/h3-4,11-12,19H,2,5-10H2,1H3,(H,18,21). The van der Waals surface area contributed by atoms with E-state index in [4.69, 9.17) is 4.74 Å². The van der Waals surface area contributed by atoms with Crippen LogP contribution in [-0.2, 0) is 19.6 Å². The summed E-state index contributed by atoms with van der Waals surface area (Å²) in [6.07, 6.45) is 1.09. The number of likely N-dealkylation sites (tertiary alicyclic amines) is 1. The Morgan fingerprint density at radius 3 is 2.81 bits per heavy atom. The number of piperidine rings is 1. The Morgan fingerprint density at radius 1 is 1.37 bits per heavy atom. The van der Waals surface area contributed by atoms with Crippen LogP contribution in [0.15, 0.2) is 28.0 Å². The zero-order valence-corrected chi connectivity index (χ0v) is 16.7. The van der Waals surface area contributed by atoms with Crippen molar-refractivity contribution in [2.75, 3.05) is 30.8 Å². The van der Waals surface area contributed by atoms with Gasteiger partial charge in [-0.05, 0) is 38.0 Å². The molecule has 2 aliphatic heterocycles. The van der Waals surface area contributed by atoms with Gasteiger partial charge in [0, 0.05) is 36.2 Å². The molecule has 0 bridgehead atoms. The van der Waals surface area contributed by atoms with E-state index in [2.05, 4.69) is 10.0 Å². The van der Waals surface area contributed by atoms with Crippen LogP contribution in [0.2, 0.25) is 0 Å². The van der Waals surface area contributed by atoms with Crippen LogP contribution in [0, 0.1) is 0 Å². The molecule has 0 atom stereocenters. The maximum Gasteiger partial charge on any atom is 0.409 e. The predicted octanol–water partition coefficient (Wildman–Crippen LogP) is 2.02. The van der Waals surface area contributed by atoms with Gasteiger partial charge in [-0.2, -0.15) is 0 Å². The SMILES string of the molecule is CCOC(=O)N1CCC(NS(=O)(=O)c2ccc3c(c2)NC(=O)CCS3)CC1. The number of ether oxygens (including phenoxy) is 1. The van der Waals surface area contributed by atoms with Gasteiger partial charge in [-0.1, -0.05) is 0 Å². The second kappa shape index (κ2) is 8.49. The summed E-state index contributed by atoms with van der Waals surface area (Å²) in [6.45, 7) is 2.96. The predicted molar refractivity (Wildman–Crippen MR) is 102 cm³/mol. The number of rotatable bonds is 4. The molecule has 2 heterocycles. The molecule has 2 aliphatic rings. The number of carbonyl (C=O) groups is 2. The fourth-order valence-electron chi connectivity index (χ4n) is 3.05. The van der Waals surface area contributed by atoms with E-state index in [1.165, 1.54) is 17.8 Å². The Kier molecular flexibility index (Phi) is 6.28. The molecule has 0 saturated carbocycles. The Labute approximate surface area is 163 Å². The zero-order valence-electron chi connectivity index (χ0n) is 15.1. The summed E-state index contributed by atoms with van der Waals surface area (Å²) in [5, 5.41) is 2.76. The summed E-state index contributed by atoms with van der Waals surface area (Å²) in [4.78, 5) is 26.0. The van der Waals surface area contributed by atoms with E-state index in [0.717, 1.165) is 4.90 Å². The van der Waals surface area contributed by atoms with E-state index in [-0.39, 0.29) is 22.9 Å². The molecule has 10 heteroatoms. The lowest BCUT2D eigenvalue weighted by Gasteiger charge is -2.31. The van der Waals surface area contributed by atoms with Gasteiger partial charge in [-0.15, -0.1) is 11.8 Å². The van der Waals surface area contributed by atoms with E-state index < -0.39 is 10.0 Å². The van der Waals surface area contributed by atoms with Gasteiger partial charge in [0.05, 0.1) is 17.2 Å². The van der Waals surface area contributed by atoms with Gasteiger partial charge in [-0.3, -0.25) is 4.79 Å². The first kappa shape index (κ1) is 20.0. The highest BCUT2D eigenvalue weighted by atomic mass is 32.2. The first-order valence-electron chi connectivity index (χ1n) is 8.90. The molecule has 0 aromatic heterocycles. The van der Waals surface area contributed by atoms with Crippen LogP contribution in [0.4, 0.5) is 10.5 Å². The number of nitrogens with one attached hydrogen (secondary N) is 2. The van der Waals surface area contributed by atoms with Crippen molar-refractivity contribution >= 4 is 39.5 Å². The third-order valence-electron chi connectivity index (χ3n) is 4.46. The first-order chi connectivity index (χ1) is 12.9. The van der Waals surface area contributed by atoms with Gasteiger partial charge in [0.1, 0.15) is 0 Å². The van der Waals surface area contributed by atoms with E-state index in [0.29, 0.717) is 50.4 Å². The van der Waals surface area contributed by atoms with E-state index >= 15 is 0 Å². The second-order valence-corrected chi connectivity index (χ2v) is 9.24. The molecule has 8 nitrogen and oxygen atoms in total. The fraction of sp³-hybridized carbons (Fsp3) is 0.529. The lowest BCUT2D eigenvalue weighted by Crippen LogP contribution is -2.46. The number of carbonyl (C=O) groups excluding carboxylic acids is 2. The molecular weight excluding hydrogens is 390 g/mol. The molecule has 148 valence electrons. The molecule has 3 rings (SSSR count). The molecule has 2 amide bonds. The number of sulfonamides is 1. The second-order valence-electron chi connectivity index (χ2n) is 6.39. The third-order valence-corrected chi connectivity index (χ3v) is 7.06. The maximum absolute atomic E-state index is 12.7. The maximum atomic E-state index is 12.7. The van der Waals surface area contributed by atoms with Gasteiger partial charge < -0.3 is 15.0 Å². The van der Waals surface area contributed by atoms with Crippen LogP contribution >= 0.6 is 11.8 Å².